The van der Waals surface area contributed by atoms with Crippen molar-refractivity contribution in [3.8, 4) is 22.1 Å². The first kappa shape index (κ1) is 19.5. The van der Waals surface area contributed by atoms with Crippen LogP contribution in [0.2, 0.25) is 0 Å². The lowest BCUT2D eigenvalue weighted by Gasteiger charge is -2.13. The standard InChI is InChI=1S/C21H20N4O2S2/c1-13-11-15(14(2)22-13)17(26)12-29-21-24-23-20(19-9-6-10-28-19)25(21)16-7-4-5-8-18(16)27-3/h4-11,22H,12H2,1-3H3. The molecular weight excluding hydrogens is 404 g/mol. The Kier molecular flexibility index (Phi) is 5.55. The Hall–Kier alpha value is -2.84. The van der Waals surface area contributed by atoms with Gasteiger partial charge in [-0.25, -0.2) is 0 Å². The number of thiophene rings is 1. The highest BCUT2D eigenvalue weighted by molar-refractivity contribution is 7.99. The molecule has 0 atom stereocenters. The monoisotopic (exact) mass is 424 g/mol. The fourth-order valence-electron chi connectivity index (χ4n) is 3.18. The molecule has 0 amide bonds. The SMILES string of the molecule is COc1ccccc1-n1c(SCC(=O)c2cc(C)[nH]c2C)nnc1-c1cccs1. The molecule has 148 valence electrons. The normalized spacial score (nSPS) is 11.0. The van der Waals surface area contributed by atoms with Gasteiger partial charge in [0.25, 0.3) is 0 Å². The van der Waals surface area contributed by atoms with Crippen molar-refractivity contribution in [2.45, 2.75) is 19.0 Å². The zero-order valence-electron chi connectivity index (χ0n) is 16.3. The smallest absolute Gasteiger partial charge is 0.196 e. The van der Waals surface area contributed by atoms with Crippen molar-refractivity contribution in [1.82, 2.24) is 19.7 Å². The number of thioether (sulfide) groups is 1. The first-order valence-corrected chi connectivity index (χ1v) is 10.9. The van der Waals surface area contributed by atoms with Crippen LogP contribution in [-0.4, -0.2) is 38.4 Å². The average Bonchev–Trinajstić information content (AvgIpc) is 3.45. The highest BCUT2D eigenvalue weighted by atomic mass is 32.2. The molecule has 0 aliphatic heterocycles. The van der Waals surface area contributed by atoms with E-state index in [-0.39, 0.29) is 11.5 Å². The second kappa shape index (κ2) is 8.26. The maximum absolute atomic E-state index is 12.7. The molecule has 1 N–H and O–H groups in total. The average molecular weight is 425 g/mol. The number of aromatic nitrogens is 4. The molecule has 0 saturated heterocycles. The number of H-pyrrole nitrogens is 1. The molecule has 6 nitrogen and oxygen atoms in total. The van der Waals surface area contributed by atoms with Gasteiger partial charge in [0.15, 0.2) is 16.8 Å². The second-order valence-corrected chi connectivity index (χ2v) is 8.38. The number of aryl methyl sites for hydroxylation is 2. The van der Waals surface area contributed by atoms with Gasteiger partial charge in [-0.3, -0.25) is 9.36 Å². The van der Waals surface area contributed by atoms with Crippen LogP contribution in [0.15, 0.2) is 53.0 Å². The number of carbonyl (C=O) groups excluding carboxylic acids is 1. The lowest BCUT2D eigenvalue weighted by Crippen LogP contribution is -2.06. The van der Waals surface area contributed by atoms with Gasteiger partial charge in [0, 0.05) is 17.0 Å². The van der Waals surface area contributed by atoms with Gasteiger partial charge in [0.2, 0.25) is 0 Å². The molecule has 0 aliphatic rings. The van der Waals surface area contributed by atoms with Crippen molar-refractivity contribution in [2.75, 3.05) is 12.9 Å². The number of hydrogen-bond donors (Lipinski definition) is 1. The molecule has 8 heteroatoms. The summed E-state index contributed by atoms with van der Waals surface area (Å²) in [5.74, 6) is 1.78. The number of carbonyl (C=O) groups is 1. The van der Waals surface area contributed by atoms with Gasteiger partial charge in [0.05, 0.1) is 23.4 Å². The topological polar surface area (TPSA) is 72.8 Å². The van der Waals surface area contributed by atoms with E-state index < -0.39 is 0 Å². The van der Waals surface area contributed by atoms with Crippen LogP contribution in [0.25, 0.3) is 16.4 Å². The van der Waals surface area contributed by atoms with Gasteiger partial charge in [-0.2, -0.15) is 0 Å². The highest BCUT2D eigenvalue weighted by Gasteiger charge is 2.21. The highest BCUT2D eigenvalue weighted by Crippen LogP contribution is 2.34. The molecule has 0 bridgehead atoms. The van der Waals surface area contributed by atoms with Crippen LogP contribution in [0.3, 0.4) is 0 Å². The van der Waals surface area contributed by atoms with E-state index in [0.29, 0.717) is 5.16 Å². The molecule has 0 radical (unpaired) electrons. The maximum atomic E-state index is 12.7. The Bertz CT molecular complexity index is 1150. The van der Waals surface area contributed by atoms with Crippen LogP contribution < -0.4 is 4.74 Å². The third-order valence-corrected chi connectivity index (χ3v) is 6.28. The molecule has 0 fully saturated rings. The molecule has 3 heterocycles. The number of nitrogens with zero attached hydrogens (tertiary/aromatic N) is 3. The Labute approximate surface area is 177 Å². The number of para-hydroxylation sites is 2. The Morgan fingerprint density at radius 2 is 2.03 bits per heavy atom. The molecule has 0 unspecified atom stereocenters. The zero-order chi connectivity index (χ0) is 20.4. The lowest BCUT2D eigenvalue weighted by molar-refractivity contribution is 0.102. The van der Waals surface area contributed by atoms with Gasteiger partial charge in [-0.05, 0) is 43.5 Å². The van der Waals surface area contributed by atoms with Crippen LogP contribution in [0.4, 0.5) is 0 Å². The van der Waals surface area contributed by atoms with Crippen LogP contribution in [0.5, 0.6) is 5.75 Å². The van der Waals surface area contributed by atoms with E-state index in [2.05, 4.69) is 15.2 Å². The summed E-state index contributed by atoms with van der Waals surface area (Å²) in [5.41, 5.74) is 3.43. The van der Waals surface area contributed by atoms with E-state index in [0.717, 1.165) is 39.1 Å². The van der Waals surface area contributed by atoms with Gasteiger partial charge >= 0.3 is 0 Å². The van der Waals surface area contributed by atoms with Crippen molar-refractivity contribution >= 4 is 28.9 Å². The molecule has 0 saturated carbocycles. The quantitative estimate of drug-likeness (QED) is 0.337. The molecule has 3 aromatic heterocycles. The van der Waals surface area contributed by atoms with Crippen molar-refractivity contribution in [3.05, 3.63) is 64.8 Å². The van der Waals surface area contributed by atoms with Crippen LogP contribution in [0, 0.1) is 13.8 Å². The molecule has 29 heavy (non-hydrogen) atoms. The second-order valence-electron chi connectivity index (χ2n) is 6.49. The molecule has 4 rings (SSSR count). The van der Waals surface area contributed by atoms with Crippen molar-refractivity contribution in [2.24, 2.45) is 0 Å². The molecule has 1 aromatic carbocycles. The molecular formula is C21H20N4O2S2. The van der Waals surface area contributed by atoms with Crippen LogP contribution >= 0.6 is 23.1 Å². The number of methoxy groups -OCH3 is 1. The number of hydrogen-bond acceptors (Lipinski definition) is 6. The first-order chi connectivity index (χ1) is 14.1. The summed E-state index contributed by atoms with van der Waals surface area (Å²) in [6, 6.07) is 13.6. The summed E-state index contributed by atoms with van der Waals surface area (Å²) in [5, 5.41) is 11.4. The van der Waals surface area contributed by atoms with E-state index in [1.807, 2.05) is 66.3 Å². The van der Waals surface area contributed by atoms with Gasteiger partial charge in [0.1, 0.15) is 5.75 Å². The zero-order valence-corrected chi connectivity index (χ0v) is 17.9. The minimum absolute atomic E-state index is 0.0594. The summed E-state index contributed by atoms with van der Waals surface area (Å²) < 4.78 is 7.51. The molecule has 0 spiro atoms. The number of aromatic amines is 1. The largest absolute Gasteiger partial charge is 0.495 e. The van der Waals surface area contributed by atoms with E-state index in [9.17, 15) is 4.79 Å². The molecule has 0 aliphatic carbocycles. The van der Waals surface area contributed by atoms with E-state index in [4.69, 9.17) is 4.74 Å². The third kappa shape index (κ3) is 3.86. The number of rotatable bonds is 7. The number of ether oxygens (including phenoxy) is 1. The number of nitrogens with one attached hydrogen (secondary N) is 1. The predicted octanol–water partition coefficient (Wildman–Crippen LogP) is 4.92. The minimum Gasteiger partial charge on any atom is -0.495 e. The summed E-state index contributed by atoms with van der Waals surface area (Å²) in [6.45, 7) is 3.86. The number of Topliss-reactive ketones (excluding diaryl/α,β-unsaturated/α-hetero) is 1. The molecule has 4 aromatic rings. The van der Waals surface area contributed by atoms with E-state index in [1.165, 1.54) is 11.8 Å². The van der Waals surface area contributed by atoms with E-state index in [1.54, 1.807) is 18.4 Å². The summed E-state index contributed by atoms with van der Waals surface area (Å²) in [4.78, 5) is 16.9. The number of benzene rings is 1. The maximum Gasteiger partial charge on any atom is 0.196 e. The summed E-state index contributed by atoms with van der Waals surface area (Å²) in [6.07, 6.45) is 0. The predicted molar refractivity (Wildman–Crippen MR) is 117 cm³/mol. The Morgan fingerprint density at radius 3 is 2.72 bits per heavy atom. The van der Waals surface area contributed by atoms with Crippen LogP contribution in [-0.2, 0) is 0 Å². The fraction of sp³-hybridized carbons (Fsp3) is 0.190. The first-order valence-electron chi connectivity index (χ1n) is 9.03. The summed E-state index contributed by atoms with van der Waals surface area (Å²) >= 11 is 2.97. The van der Waals surface area contributed by atoms with Crippen molar-refractivity contribution < 1.29 is 9.53 Å². The Morgan fingerprint density at radius 1 is 1.21 bits per heavy atom. The van der Waals surface area contributed by atoms with Crippen molar-refractivity contribution in [3.63, 3.8) is 0 Å². The van der Waals surface area contributed by atoms with Gasteiger partial charge < -0.3 is 9.72 Å². The number of ketones is 1. The Balaban J connectivity index is 1.70. The fourth-order valence-corrected chi connectivity index (χ4v) is 4.71. The lowest BCUT2D eigenvalue weighted by atomic mass is 10.2. The van der Waals surface area contributed by atoms with Gasteiger partial charge in [-0.1, -0.05) is 30.0 Å². The van der Waals surface area contributed by atoms with Crippen molar-refractivity contribution in [1.29, 1.82) is 0 Å². The van der Waals surface area contributed by atoms with E-state index >= 15 is 0 Å². The van der Waals surface area contributed by atoms with Gasteiger partial charge in [-0.15, -0.1) is 21.5 Å². The minimum atomic E-state index is 0.0594. The third-order valence-electron chi connectivity index (χ3n) is 4.48. The van der Waals surface area contributed by atoms with Crippen LogP contribution in [0.1, 0.15) is 21.7 Å². The summed E-state index contributed by atoms with van der Waals surface area (Å²) in [7, 11) is 1.64.